The van der Waals surface area contributed by atoms with Gasteiger partial charge < -0.3 is 5.11 Å². The van der Waals surface area contributed by atoms with Gasteiger partial charge in [-0.15, -0.1) is 0 Å². The van der Waals surface area contributed by atoms with Gasteiger partial charge in [-0.2, -0.15) is 8.78 Å². The molecule has 0 atom stereocenters. The Labute approximate surface area is 94.4 Å². The van der Waals surface area contributed by atoms with Gasteiger partial charge in [-0.1, -0.05) is 0 Å². The smallest absolute Gasteiger partial charge is 0.206 e. The summed E-state index contributed by atoms with van der Waals surface area (Å²) in [7, 11) is 0. The minimum absolute atomic E-state index is 0. The zero-order valence-corrected chi connectivity index (χ0v) is 8.75. The third kappa shape index (κ3) is 1.99. The van der Waals surface area contributed by atoms with Crippen LogP contribution in [0.1, 0.15) is 0 Å². The molecule has 0 aliphatic heterocycles. The molecular weight excluding hydrogens is 272 g/mol. The fourth-order valence-corrected chi connectivity index (χ4v) is 0.593. The largest absolute Gasteiger partial charge is 0.503 e. The molecule has 1 radical (unpaired) electrons. The van der Waals surface area contributed by atoms with E-state index in [1.54, 1.807) is 0 Å². The Kier molecular flexibility index (Phi) is 4.25. The number of hydrogen-bond donors (Lipinski definition) is 1. The maximum atomic E-state index is 12.2. The van der Waals surface area contributed by atoms with Crippen molar-refractivity contribution in [1.82, 2.24) is 0 Å². The Morgan fingerprint density at radius 1 is 0.615 bits per heavy atom. The minimum atomic E-state index is -2.29. The molecule has 1 rings (SSSR count). The molecule has 0 saturated heterocycles. The molecule has 0 unspecified atom stereocenters. The van der Waals surface area contributed by atoms with Gasteiger partial charge >= 0.3 is 0 Å². The number of rotatable bonds is 0. The fraction of sp³-hybridized carbons (Fsp3) is 0. The van der Waals surface area contributed by atoms with Crippen molar-refractivity contribution in [1.29, 1.82) is 0 Å². The van der Waals surface area contributed by atoms with Gasteiger partial charge in [0.15, 0.2) is 5.75 Å². The van der Waals surface area contributed by atoms with Gasteiger partial charge in [-0.25, -0.2) is 13.2 Å². The molecule has 0 aromatic heterocycles. The van der Waals surface area contributed by atoms with Crippen molar-refractivity contribution >= 4 is 0 Å². The fourth-order valence-electron chi connectivity index (χ4n) is 0.593. The first-order valence-electron chi connectivity index (χ1n) is 2.67. The number of aromatic hydroxyl groups is 1. The maximum Gasteiger partial charge on any atom is 0.206 e. The Morgan fingerprint density at radius 3 is 1.15 bits per heavy atom. The van der Waals surface area contributed by atoms with Crippen LogP contribution in [0.5, 0.6) is 5.75 Å². The van der Waals surface area contributed by atoms with Crippen molar-refractivity contribution in [2.45, 2.75) is 0 Å². The van der Waals surface area contributed by atoms with Crippen LogP contribution in [-0.4, -0.2) is 5.11 Å². The van der Waals surface area contributed by atoms with Crippen LogP contribution in [0.25, 0.3) is 0 Å². The third-order valence-corrected chi connectivity index (χ3v) is 1.19. The van der Waals surface area contributed by atoms with Gasteiger partial charge in [0.25, 0.3) is 0 Å². The van der Waals surface area contributed by atoms with E-state index in [0.29, 0.717) is 0 Å². The standard InChI is InChI=1S/C6HF5O.Y/c7-1-2(8)4(10)6(12)5(11)3(1)9;/h12H;. The Bertz CT molecular complexity index is 235. The second-order valence-electron chi connectivity index (χ2n) is 1.92. The average molecular weight is 273 g/mol. The van der Waals surface area contributed by atoms with Gasteiger partial charge in [0.05, 0.1) is 0 Å². The molecule has 0 fully saturated rings. The molecule has 0 spiro atoms. The summed E-state index contributed by atoms with van der Waals surface area (Å²) in [6.45, 7) is 0. The molecule has 0 saturated carbocycles. The summed E-state index contributed by atoms with van der Waals surface area (Å²) >= 11 is 0. The zero-order valence-electron chi connectivity index (χ0n) is 5.91. The van der Waals surface area contributed by atoms with Crippen LogP contribution < -0.4 is 0 Å². The molecule has 1 N–H and O–H groups in total. The molecule has 1 nitrogen and oxygen atoms in total. The second kappa shape index (κ2) is 4.33. The molecule has 0 bridgehead atoms. The summed E-state index contributed by atoms with van der Waals surface area (Å²) in [5.41, 5.74) is 0. The normalized spacial score (nSPS) is 9.62. The van der Waals surface area contributed by atoms with E-state index in [1.807, 2.05) is 0 Å². The monoisotopic (exact) mass is 273 g/mol. The van der Waals surface area contributed by atoms with Crippen LogP contribution in [0.15, 0.2) is 0 Å². The van der Waals surface area contributed by atoms with Crippen molar-refractivity contribution in [3.8, 4) is 5.75 Å². The first-order valence-corrected chi connectivity index (χ1v) is 2.67. The van der Waals surface area contributed by atoms with E-state index in [1.165, 1.54) is 0 Å². The summed E-state index contributed by atoms with van der Waals surface area (Å²) in [4.78, 5) is 0. The summed E-state index contributed by atoms with van der Waals surface area (Å²) in [5.74, 6) is -12.9. The predicted octanol–water partition coefficient (Wildman–Crippen LogP) is 2.09. The van der Waals surface area contributed by atoms with Crippen molar-refractivity contribution in [2.24, 2.45) is 0 Å². The van der Waals surface area contributed by atoms with E-state index < -0.39 is 34.8 Å². The molecular formula is C6HF5OY. The van der Waals surface area contributed by atoms with Gasteiger partial charge in [0.1, 0.15) is 0 Å². The minimum Gasteiger partial charge on any atom is -0.503 e. The Morgan fingerprint density at radius 2 is 0.846 bits per heavy atom. The molecule has 1 aromatic rings. The number of halogens is 5. The van der Waals surface area contributed by atoms with Gasteiger partial charge in [-0.05, 0) is 0 Å². The Balaban J connectivity index is 0.00000144. The topological polar surface area (TPSA) is 20.2 Å². The molecule has 0 amide bonds. The van der Waals surface area contributed by atoms with E-state index in [-0.39, 0.29) is 32.7 Å². The quantitative estimate of drug-likeness (QED) is 0.436. The van der Waals surface area contributed by atoms with E-state index in [0.717, 1.165) is 0 Å². The van der Waals surface area contributed by atoms with Crippen LogP contribution in [0.3, 0.4) is 0 Å². The van der Waals surface area contributed by atoms with Crippen molar-refractivity contribution < 1.29 is 59.8 Å². The molecule has 1 aromatic carbocycles. The summed E-state index contributed by atoms with van der Waals surface area (Å²) in [6.07, 6.45) is 0. The van der Waals surface area contributed by atoms with Crippen LogP contribution in [0.2, 0.25) is 0 Å². The first kappa shape index (κ1) is 12.8. The SMILES string of the molecule is Oc1c(F)c(F)c(F)c(F)c1F.[Y]. The van der Waals surface area contributed by atoms with E-state index in [9.17, 15) is 22.0 Å². The summed E-state index contributed by atoms with van der Waals surface area (Å²) in [6, 6.07) is 0. The van der Waals surface area contributed by atoms with E-state index in [2.05, 4.69) is 0 Å². The number of phenols is 1. The van der Waals surface area contributed by atoms with Gasteiger partial charge in [0.2, 0.25) is 29.1 Å². The third-order valence-electron chi connectivity index (χ3n) is 1.19. The molecule has 0 aliphatic carbocycles. The maximum absolute atomic E-state index is 12.2. The van der Waals surface area contributed by atoms with Crippen LogP contribution >= 0.6 is 0 Å². The number of hydrogen-bond acceptors (Lipinski definition) is 1. The van der Waals surface area contributed by atoms with Crippen molar-refractivity contribution in [3.63, 3.8) is 0 Å². The average Bonchev–Trinajstić information content (AvgIpc) is 2.08. The number of benzene rings is 1. The van der Waals surface area contributed by atoms with Crippen molar-refractivity contribution in [2.75, 3.05) is 0 Å². The van der Waals surface area contributed by atoms with E-state index >= 15 is 0 Å². The molecule has 69 valence electrons. The van der Waals surface area contributed by atoms with Crippen LogP contribution in [0, 0.1) is 29.1 Å². The zero-order chi connectivity index (χ0) is 9.46. The van der Waals surface area contributed by atoms with Crippen LogP contribution in [-0.2, 0) is 32.7 Å². The second-order valence-corrected chi connectivity index (χ2v) is 1.92. The van der Waals surface area contributed by atoms with E-state index in [4.69, 9.17) is 5.11 Å². The van der Waals surface area contributed by atoms with Crippen molar-refractivity contribution in [3.05, 3.63) is 29.1 Å². The molecule has 7 heteroatoms. The number of phenolic OH excluding ortho intramolecular Hbond substituents is 1. The summed E-state index contributed by atoms with van der Waals surface area (Å²) < 4.78 is 60.6. The molecule has 0 aliphatic rings. The first-order chi connectivity index (χ1) is 5.46. The predicted molar refractivity (Wildman–Crippen MR) is 27.9 cm³/mol. The molecule has 13 heavy (non-hydrogen) atoms. The summed E-state index contributed by atoms with van der Waals surface area (Å²) in [5, 5.41) is 8.30. The van der Waals surface area contributed by atoms with Gasteiger partial charge in [-0.3, -0.25) is 0 Å². The van der Waals surface area contributed by atoms with Crippen LogP contribution in [0.4, 0.5) is 22.0 Å². The Hall–Kier alpha value is -0.226. The van der Waals surface area contributed by atoms with Gasteiger partial charge in [0, 0.05) is 32.7 Å². The molecule has 0 heterocycles.